The lowest BCUT2D eigenvalue weighted by Crippen LogP contribution is -2.20. The van der Waals surface area contributed by atoms with Crippen molar-refractivity contribution >= 4 is 11.8 Å². The molecule has 1 heterocycles. The molecule has 0 aliphatic carbocycles. The molecule has 2 amide bonds. The Bertz CT molecular complexity index is 1010. The fraction of sp³-hybridized carbons (Fsp3) is 0.364. The lowest BCUT2D eigenvalue weighted by molar-refractivity contribution is -0.0233. The number of methoxy groups -OCH3 is 2. The third-order valence-corrected chi connectivity index (χ3v) is 4.62. The Morgan fingerprint density at radius 1 is 0.788 bits per heavy atom. The molecule has 0 saturated heterocycles. The van der Waals surface area contributed by atoms with Crippen LogP contribution < -0.4 is 14.8 Å². The van der Waals surface area contributed by atoms with Crippen LogP contribution in [-0.2, 0) is 18.9 Å². The fourth-order valence-corrected chi connectivity index (χ4v) is 3.09. The second kappa shape index (κ2) is 11.7. The van der Waals surface area contributed by atoms with Gasteiger partial charge in [0.1, 0.15) is 0 Å². The number of halogens is 2. The first-order chi connectivity index (χ1) is 16.0. The van der Waals surface area contributed by atoms with Gasteiger partial charge in [0.25, 0.3) is 11.8 Å². The van der Waals surface area contributed by atoms with Crippen molar-refractivity contribution in [1.29, 1.82) is 0 Å². The summed E-state index contributed by atoms with van der Waals surface area (Å²) in [4.78, 5) is 24.2. The van der Waals surface area contributed by atoms with Gasteiger partial charge in [-0.1, -0.05) is 12.1 Å². The van der Waals surface area contributed by atoms with Crippen molar-refractivity contribution in [2.75, 3.05) is 54.2 Å². The van der Waals surface area contributed by atoms with E-state index in [1.807, 2.05) is 0 Å². The molecular formula is C22H23F2NO8. The van der Waals surface area contributed by atoms with E-state index >= 15 is 8.78 Å². The maximum absolute atomic E-state index is 15.6. The molecule has 0 aromatic heterocycles. The molecular weight excluding hydrogens is 444 g/mol. The summed E-state index contributed by atoms with van der Waals surface area (Å²) in [6, 6.07) is 5.15. The van der Waals surface area contributed by atoms with Crippen LogP contribution in [0.4, 0.5) is 8.78 Å². The molecule has 178 valence electrons. The van der Waals surface area contributed by atoms with Crippen LogP contribution in [0.25, 0.3) is 11.1 Å². The predicted molar refractivity (Wildman–Crippen MR) is 110 cm³/mol. The molecule has 9 nitrogen and oxygen atoms in total. The number of hydrogen-bond acceptors (Lipinski definition) is 8. The summed E-state index contributed by atoms with van der Waals surface area (Å²) in [5.41, 5.74) is -0.247. The molecule has 1 N–H and O–H groups in total. The van der Waals surface area contributed by atoms with Crippen molar-refractivity contribution in [1.82, 2.24) is 5.32 Å². The van der Waals surface area contributed by atoms with Crippen LogP contribution in [0.3, 0.4) is 0 Å². The molecule has 0 fully saturated rings. The van der Waals surface area contributed by atoms with Crippen molar-refractivity contribution in [2.24, 2.45) is 0 Å². The standard InChI is InChI=1S/C22H23F2NO8/c1-28-6-8-30-11-32-19-16(23)10-15(18(24)20(19)33-12-31-9-7-29-2)13-4-3-5-14-17(13)22(27)25-21(14)26/h3-5,10H,6-9,11-12H2,1-2H3,(H,25,26,27). The van der Waals surface area contributed by atoms with Gasteiger partial charge in [0.05, 0.1) is 37.6 Å². The van der Waals surface area contributed by atoms with E-state index in [0.29, 0.717) is 0 Å². The number of rotatable bonds is 13. The summed E-state index contributed by atoms with van der Waals surface area (Å²) in [6.07, 6.45) is 0. The normalized spacial score (nSPS) is 12.6. The van der Waals surface area contributed by atoms with E-state index in [-0.39, 0.29) is 48.7 Å². The van der Waals surface area contributed by atoms with E-state index in [1.54, 1.807) is 0 Å². The summed E-state index contributed by atoms with van der Waals surface area (Å²) in [5, 5.41) is 2.14. The number of carbonyl (C=O) groups excluding carboxylic acids is 2. The van der Waals surface area contributed by atoms with Crippen LogP contribution in [0.15, 0.2) is 24.3 Å². The highest BCUT2D eigenvalue weighted by molar-refractivity contribution is 6.24. The maximum Gasteiger partial charge on any atom is 0.259 e. The lowest BCUT2D eigenvalue weighted by atomic mass is 9.95. The number of carbonyl (C=O) groups is 2. The average molecular weight is 467 g/mol. The van der Waals surface area contributed by atoms with E-state index in [0.717, 1.165) is 6.07 Å². The van der Waals surface area contributed by atoms with Gasteiger partial charge in [0.2, 0.25) is 11.5 Å². The third kappa shape index (κ3) is 5.63. The topological polar surface area (TPSA) is 102 Å². The van der Waals surface area contributed by atoms with Crippen molar-refractivity contribution < 1.29 is 46.8 Å². The van der Waals surface area contributed by atoms with Crippen LogP contribution in [0.2, 0.25) is 0 Å². The Morgan fingerprint density at radius 2 is 1.39 bits per heavy atom. The molecule has 2 aromatic rings. The quantitative estimate of drug-likeness (QED) is 0.273. The highest BCUT2D eigenvalue weighted by Gasteiger charge is 2.32. The molecule has 0 radical (unpaired) electrons. The second-order valence-electron chi connectivity index (χ2n) is 6.72. The summed E-state index contributed by atoms with van der Waals surface area (Å²) in [6.45, 7) is 0.0822. The van der Waals surface area contributed by atoms with E-state index in [4.69, 9.17) is 28.4 Å². The fourth-order valence-electron chi connectivity index (χ4n) is 3.09. The van der Waals surface area contributed by atoms with Crippen LogP contribution in [-0.4, -0.2) is 66.0 Å². The molecule has 0 spiro atoms. The smallest absolute Gasteiger partial charge is 0.259 e. The molecule has 0 saturated carbocycles. The molecule has 0 atom stereocenters. The third-order valence-electron chi connectivity index (χ3n) is 4.62. The van der Waals surface area contributed by atoms with Crippen LogP contribution >= 0.6 is 0 Å². The second-order valence-corrected chi connectivity index (χ2v) is 6.72. The Balaban J connectivity index is 1.96. The predicted octanol–water partition coefficient (Wildman–Crippen LogP) is 2.51. The monoisotopic (exact) mass is 467 g/mol. The maximum atomic E-state index is 15.6. The molecule has 3 rings (SSSR count). The first-order valence-corrected chi connectivity index (χ1v) is 9.89. The van der Waals surface area contributed by atoms with Gasteiger partial charge in [-0.3, -0.25) is 14.9 Å². The van der Waals surface area contributed by atoms with E-state index < -0.39 is 48.5 Å². The number of amides is 2. The minimum Gasteiger partial charge on any atom is -0.460 e. The number of imide groups is 1. The van der Waals surface area contributed by atoms with Crippen molar-refractivity contribution in [3.63, 3.8) is 0 Å². The largest absolute Gasteiger partial charge is 0.460 e. The molecule has 0 unspecified atom stereocenters. The van der Waals surface area contributed by atoms with Crippen molar-refractivity contribution in [2.45, 2.75) is 0 Å². The molecule has 1 aliphatic heterocycles. The van der Waals surface area contributed by atoms with Gasteiger partial charge < -0.3 is 28.4 Å². The number of fused-ring (bicyclic) bond motifs is 1. The average Bonchev–Trinajstić information content (AvgIpc) is 3.10. The van der Waals surface area contributed by atoms with Gasteiger partial charge in [-0.15, -0.1) is 0 Å². The van der Waals surface area contributed by atoms with Gasteiger partial charge in [-0.25, -0.2) is 8.78 Å². The summed E-state index contributed by atoms with van der Waals surface area (Å²) < 4.78 is 61.2. The van der Waals surface area contributed by atoms with Gasteiger partial charge in [0, 0.05) is 19.8 Å². The number of hydrogen-bond donors (Lipinski definition) is 1. The zero-order valence-corrected chi connectivity index (χ0v) is 18.1. The first-order valence-electron chi connectivity index (χ1n) is 9.89. The van der Waals surface area contributed by atoms with Crippen LogP contribution in [0.5, 0.6) is 11.5 Å². The molecule has 33 heavy (non-hydrogen) atoms. The van der Waals surface area contributed by atoms with E-state index in [9.17, 15) is 9.59 Å². The van der Waals surface area contributed by atoms with Crippen LogP contribution in [0.1, 0.15) is 20.7 Å². The van der Waals surface area contributed by atoms with Crippen molar-refractivity contribution in [3.8, 4) is 22.6 Å². The highest BCUT2D eigenvalue weighted by atomic mass is 19.1. The molecule has 0 bridgehead atoms. The molecule has 2 aromatic carbocycles. The minimum atomic E-state index is -1.00. The Morgan fingerprint density at radius 3 is 2.03 bits per heavy atom. The van der Waals surface area contributed by atoms with Gasteiger partial charge in [0.15, 0.2) is 25.2 Å². The van der Waals surface area contributed by atoms with E-state index in [2.05, 4.69) is 5.32 Å². The molecule has 1 aliphatic rings. The Kier molecular flexibility index (Phi) is 8.66. The number of benzene rings is 2. The zero-order valence-electron chi connectivity index (χ0n) is 18.1. The minimum absolute atomic E-state index is 0.0281. The van der Waals surface area contributed by atoms with Crippen LogP contribution in [0, 0.1) is 11.6 Å². The zero-order chi connectivity index (χ0) is 23.8. The lowest BCUT2D eigenvalue weighted by Gasteiger charge is -2.17. The SMILES string of the molecule is COCCOCOc1c(F)cc(-c2cccc3c2C(=O)NC3=O)c(F)c1OCOCCOC. The highest BCUT2D eigenvalue weighted by Crippen LogP contribution is 2.41. The van der Waals surface area contributed by atoms with E-state index in [1.165, 1.54) is 32.4 Å². The van der Waals surface area contributed by atoms with Gasteiger partial charge in [-0.05, 0) is 17.7 Å². The van der Waals surface area contributed by atoms with Gasteiger partial charge in [-0.2, -0.15) is 0 Å². The Hall–Kier alpha value is -3.12. The summed E-state index contributed by atoms with van der Waals surface area (Å²) >= 11 is 0. The summed E-state index contributed by atoms with van der Waals surface area (Å²) in [7, 11) is 2.97. The number of ether oxygens (including phenoxy) is 6. The Labute approximate surface area is 188 Å². The first kappa shape index (κ1) is 24.5. The van der Waals surface area contributed by atoms with Crippen molar-refractivity contribution in [3.05, 3.63) is 47.0 Å². The van der Waals surface area contributed by atoms with Gasteiger partial charge >= 0.3 is 0 Å². The summed E-state index contributed by atoms with van der Waals surface area (Å²) in [5.74, 6) is -4.39. The molecule has 11 heteroatoms. The number of nitrogens with one attached hydrogen (secondary N) is 1.